The maximum absolute atomic E-state index is 12.4. The van der Waals surface area contributed by atoms with Crippen molar-refractivity contribution >= 4 is 19.8 Å². The Kier molecular flexibility index (Phi) is 30.9. The molecule has 0 rings (SSSR count). The summed E-state index contributed by atoms with van der Waals surface area (Å²) in [5, 5.41) is 0. The van der Waals surface area contributed by atoms with Crippen molar-refractivity contribution in [3.8, 4) is 0 Å². The highest BCUT2D eigenvalue weighted by atomic mass is 31.2. The second kappa shape index (κ2) is 32.2. The number of phosphoric ester groups is 1. The van der Waals surface area contributed by atoms with Crippen LogP contribution in [0.25, 0.3) is 0 Å². The highest BCUT2D eigenvalue weighted by molar-refractivity contribution is 7.47. The fourth-order valence-corrected chi connectivity index (χ4v) is 5.24. The number of allylic oxidation sites excluding steroid dienone is 6. The van der Waals surface area contributed by atoms with E-state index in [0.29, 0.717) is 12.8 Å². The second-order valence-corrected chi connectivity index (χ2v) is 12.8. The topological polar surface area (TPSA) is 134 Å². The summed E-state index contributed by atoms with van der Waals surface area (Å²) in [5.74, 6) is -0.855. The molecule has 10 heteroatoms. The van der Waals surface area contributed by atoms with Gasteiger partial charge in [0.05, 0.1) is 13.2 Å². The van der Waals surface area contributed by atoms with Gasteiger partial charge in [-0.3, -0.25) is 18.6 Å². The molecule has 0 aromatic heterocycles. The summed E-state index contributed by atoms with van der Waals surface area (Å²) in [5.41, 5.74) is 5.31. The van der Waals surface area contributed by atoms with Crippen LogP contribution in [0, 0.1) is 0 Å². The van der Waals surface area contributed by atoms with Gasteiger partial charge in [0.15, 0.2) is 6.10 Å². The van der Waals surface area contributed by atoms with Crippen LogP contribution in [0.4, 0.5) is 0 Å². The molecule has 0 aliphatic carbocycles. The number of phosphoric acid groups is 1. The van der Waals surface area contributed by atoms with E-state index in [1.54, 1.807) is 0 Å². The Morgan fingerprint density at radius 3 is 1.82 bits per heavy atom. The molecule has 0 saturated carbocycles. The zero-order chi connectivity index (χ0) is 33.3. The molecule has 0 aromatic carbocycles. The molecule has 0 saturated heterocycles. The zero-order valence-electron chi connectivity index (χ0n) is 28.3. The number of hydrogen-bond donors (Lipinski definition) is 2. The van der Waals surface area contributed by atoms with Gasteiger partial charge in [0.25, 0.3) is 0 Å². The Morgan fingerprint density at radius 2 is 1.22 bits per heavy atom. The molecule has 0 aliphatic heterocycles. The molecule has 0 heterocycles. The Balaban J connectivity index is 4.27. The number of esters is 2. The normalized spacial score (nSPS) is 14.0. The molecule has 0 aromatic rings. The number of carbonyl (C=O) groups is 2. The standard InChI is InChI=1S/C35H64NO8P/c1-3-5-7-9-11-13-14-15-16-17-18-20-21-23-25-27-34(37)41-31-33(32-43-45(39,40)42-30-29-36)44-35(38)28-26-24-22-19-12-10-8-6-4-2/h5,7,11,13,15-16,33H,3-4,6,8-10,12,14,17-32,36H2,1-2H3,(H,39,40)/b7-5+,13-11+,16-15+/t33-/m0/s1. The first kappa shape index (κ1) is 43.2. The van der Waals surface area contributed by atoms with Gasteiger partial charge in [-0.2, -0.15) is 0 Å². The molecule has 1 unspecified atom stereocenters. The largest absolute Gasteiger partial charge is 0.472 e. The molecule has 262 valence electrons. The number of nitrogens with two attached hydrogens (primary N) is 1. The van der Waals surface area contributed by atoms with Gasteiger partial charge < -0.3 is 20.1 Å². The Morgan fingerprint density at radius 1 is 0.689 bits per heavy atom. The number of ether oxygens (including phenoxy) is 2. The SMILES string of the molecule is CC/C=C/C/C=C/C/C=C/CCCCCCCC(=O)OC[C@@H](COP(=O)(O)OCCN)OC(=O)CCCCCCCCCCC. The molecule has 9 nitrogen and oxygen atoms in total. The quantitative estimate of drug-likeness (QED) is 0.0314. The zero-order valence-corrected chi connectivity index (χ0v) is 29.2. The first-order chi connectivity index (χ1) is 21.8. The molecule has 0 bridgehead atoms. The maximum atomic E-state index is 12.4. The first-order valence-corrected chi connectivity index (χ1v) is 19.0. The van der Waals surface area contributed by atoms with Crippen molar-refractivity contribution < 1.29 is 37.6 Å². The molecule has 0 radical (unpaired) electrons. The molecule has 0 spiro atoms. The van der Waals surface area contributed by atoms with E-state index in [9.17, 15) is 19.0 Å². The second-order valence-electron chi connectivity index (χ2n) is 11.4. The van der Waals surface area contributed by atoms with E-state index in [1.165, 1.54) is 32.1 Å². The van der Waals surface area contributed by atoms with Gasteiger partial charge in [-0.15, -0.1) is 0 Å². The minimum Gasteiger partial charge on any atom is -0.462 e. The van der Waals surface area contributed by atoms with Crippen molar-refractivity contribution in [3.63, 3.8) is 0 Å². The molecule has 45 heavy (non-hydrogen) atoms. The third-order valence-electron chi connectivity index (χ3n) is 7.04. The van der Waals surface area contributed by atoms with Gasteiger partial charge in [0.1, 0.15) is 6.61 Å². The van der Waals surface area contributed by atoms with Crippen LogP contribution in [0.15, 0.2) is 36.5 Å². The van der Waals surface area contributed by atoms with Crippen molar-refractivity contribution in [2.75, 3.05) is 26.4 Å². The highest BCUT2D eigenvalue weighted by Gasteiger charge is 2.25. The predicted octanol–water partition coefficient (Wildman–Crippen LogP) is 9.04. The lowest BCUT2D eigenvalue weighted by molar-refractivity contribution is -0.161. The molecular weight excluding hydrogens is 593 g/mol. The van der Waals surface area contributed by atoms with Crippen LogP contribution in [0.5, 0.6) is 0 Å². The minimum atomic E-state index is -4.37. The summed E-state index contributed by atoms with van der Waals surface area (Å²) in [7, 11) is -4.37. The molecule has 0 fully saturated rings. The molecule has 3 N–H and O–H groups in total. The van der Waals surface area contributed by atoms with Gasteiger partial charge in [0, 0.05) is 19.4 Å². The highest BCUT2D eigenvalue weighted by Crippen LogP contribution is 2.43. The van der Waals surface area contributed by atoms with Gasteiger partial charge in [0.2, 0.25) is 0 Å². The molecule has 0 aliphatic rings. The average Bonchev–Trinajstić information content (AvgIpc) is 3.02. The predicted molar refractivity (Wildman–Crippen MR) is 183 cm³/mol. The van der Waals surface area contributed by atoms with Crippen molar-refractivity contribution in [2.24, 2.45) is 5.73 Å². The van der Waals surface area contributed by atoms with Gasteiger partial charge >= 0.3 is 19.8 Å². The van der Waals surface area contributed by atoms with Crippen molar-refractivity contribution in [2.45, 2.75) is 148 Å². The lowest BCUT2D eigenvalue weighted by Crippen LogP contribution is -2.29. The third-order valence-corrected chi connectivity index (χ3v) is 8.02. The first-order valence-electron chi connectivity index (χ1n) is 17.5. The third kappa shape index (κ3) is 32.0. The van der Waals surface area contributed by atoms with Crippen LogP contribution in [0.2, 0.25) is 0 Å². The molecule has 0 amide bonds. The van der Waals surface area contributed by atoms with E-state index >= 15 is 0 Å². The number of carbonyl (C=O) groups excluding carboxylic acids is 2. The fourth-order valence-electron chi connectivity index (χ4n) is 4.47. The average molecular weight is 658 g/mol. The van der Waals surface area contributed by atoms with Crippen LogP contribution in [-0.4, -0.2) is 49.3 Å². The minimum absolute atomic E-state index is 0.0508. The Hall–Kier alpha value is -1.77. The van der Waals surface area contributed by atoms with Crippen molar-refractivity contribution in [3.05, 3.63) is 36.5 Å². The summed E-state index contributed by atoms with van der Waals surface area (Å²) in [6, 6.07) is 0. The van der Waals surface area contributed by atoms with E-state index in [1.807, 2.05) is 0 Å². The molecule has 2 atom stereocenters. The monoisotopic (exact) mass is 657 g/mol. The number of unbranched alkanes of at least 4 members (excludes halogenated alkanes) is 13. The van der Waals surface area contributed by atoms with Gasteiger partial charge in [-0.1, -0.05) is 121 Å². The van der Waals surface area contributed by atoms with E-state index < -0.39 is 32.5 Å². The fraction of sp³-hybridized carbons (Fsp3) is 0.771. The maximum Gasteiger partial charge on any atom is 0.472 e. The van der Waals surface area contributed by atoms with E-state index in [4.69, 9.17) is 24.3 Å². The number of hydrogen-bond acceptors (Lipinski definition) is 8. The van der Waals surface area contributed by atoms with E-state index in [0.717, 1.165) is 70.6 Å². The van der Waals surface area contributed by atoms with Crippen LogP contribution in [0.3, 0.4) is 0 Å². The van der Waals surface area contributed by atoms with Crippen LogP contribution < -0.4 is 5.73 Å². The van der Waals surface area contributed by atoms with Crippen LogP contribution in [-0.2, 0) is 32.7 Å². The smallest absolute Gasteiger partial charge is 0.462 e. The van der Waals surface area contributed by atoms with E-state index in [-0.39, 0.29) is 32.6 Å². The molecular formula is C35H64NO8P. The Bertz CT molecular complexity index is 846. The van der Waals surface area contributed by atoms with Crippen molar-refractivity contribution in [1.82, 2.24) is 0 Å². The summed E-state index contributed by atoms with van der Waals surface area (Å²) in [6.45, 7) is 3.55. The summed E-state index contributed by atoms with van der Waals surface area (Å²) < 4.78 is 32.5. The van der Waals surface area contributed by atoms with Gasteiger partial charge in [-0.25, -0.2) is 4.57 Å². The lowest BCUT2D eigenvalue weighted by Gasteiger charge is -2.19. The number of rotatable bonds is 32. The van der Waals surface area contributed by atoms with E-state index in [2.05, 4.69) is 50.3 Å². The van der Waals surface area contributed by atoms with Gasteiger partial charge in [-0.05, 0) is 44.9 Å². The summed E-state index contributed by atoms with van der Waals surface area (Å²) in [6.07, 6.45) is 31.8. The lowest BCUT2D eigenvalue weighted by atomic mass is 10.1. The summed E-state index contributed by atoms with van der Waals surface area (Å²) in [4.78, 5) is 34.5. The van der Waals surface area contributed by atoms with Crippen molar-refractivity contribution in [1.29, 1.82) is 0 Å². The van der Waals surface area contributed by atoms with Crippen LogP contribution >= 0.6 is 7.82 Å². The summed E-state index contributed by atoms with van der Waals surface area (Å²) >= 11 is 0. The Labute approximate surface area is 274 Å². The van der Waals surface area contributed by atoms with Crippen LogP contribution in [0.1, 0.15) is 142 Å².